The molecule has 72 valence electrons. The fraction of sp³-hybridized carbons (Fsp3) is 0.500. The lowest BCUT2D eigenvalue weighted by atomic mass is 10.1. The van der Waals surface area contributed by atoms with Crippen molar-refractivity contribution in [1.29, 1.82) is 0 Å². The van der Waals surface area contributed by atoms with Crippen molar-refractivity contribution in [2.75, 3.05) is 12.3 Å². The van der Waals surface area contributed by atoms with Crippen molar-refractivity contribution in [3.63, 3.8) is 0 Å². The molecule has 0 amide bonds. The van der Waals surface area contributed by atoms with E-state index in [1.807, 2.05) is 6.07 Å². The molecular weight excluding hydrogens is 164 g/mol. The standard InChI is InChI=1S/C10H16N2O/c1-2-3-9-10(11)8(5-7-13)4-6-12-9/h4,6,13H,2-3,5,7,11H2,1H3. The highest BCUT2D eigenvalue weighted by molar-refractivity contribution is 5.50. The molecule has 1 rings (SSSR count). The van der Waals surface area contributed by atoms with E-state index >= 15 is 0 Å². The number of aliphatic hydroxyl groups excluding tert-OH is 1. The Balaban J connectivity index is 2.89. The van der Waals surface area contributed by atoms with Gasteiger partial charge in [-0.15, -0.1) is 0 Å². The summed E-state index contributed by atoms with van der Waals surface area (Å²) >= 11 is 0. The topological polar surface area (TPSA) is 59.1 Å². The molecule has 1 heterocycles. The molecule has 0 radical (unpaired) electrons. The van der Waals surface area contributed by atoms with Crippen molar-refractivity contribution in [3.05, 3.63) is 23.5 Å². The molecule has 0 aliphatic rings. The summed E-state index contributed by atoms with van der Waals surface area (Å²) in [6.07, 6.45) is 4.32. The molecular formula is C10H16N2O. The van der Waals surface area contributed by atoms with E-state index in [0.29, 0.717) is 6.42 Å². The highest BCUT2D eigenvalue weighted by atomic mass is 16.2. The van der Waals surface area contributed by atoms with E-state index in [1.54, 1.807) is 6.20 Å². The molecule has 0 aromatic carbocycles. The van der Waals surface area contributed by atoms with Gasteiger partial charge in [-0.3, -0.25) is 4.98 Å². The van der Waals surface area contributed by atoms with Crippen LogP contribution >= 0.6 is 0 Å². The van der Waals surface area contributed by atoms with Gasteiger partial charge in [0.1, 0.15) is 0 Å². The Morgan fingerprint density at radius 2 is 2.23 bits per heavy atom. The third kappa shape index (κ3) is 2.42. The molecule has 0 aliphatic carbocycles. The van der Waals surface area contributed by atoms with Crippen LogP contribution in [0.1, 0.15) is 24.6 Å². The number of aromatic nitrogens is 1. The minimum absolute atomic E-state index is 0.139. The van der Waals surface area contributed by atoms with Gasteiger partial charge in [0, 0.05) is 12.8 Å². The smallest absolute Gasteiger partial charge is 0.0635 e. The summed E-state index contributed by atoms with van der Waals surface area (Å²) in [5, 5.41) is 8.79. The van der Waals surface area contributed by atoms with Gasteiger partial charge >= 0.3 is 0 Å². The van der Waals surface area contributed by atoms with E-state index in [2.05, 4.69) is 11.9 Å². The first-order chi connectivity index (χ1) is 6.29. The van der Waals surface area contributed by atoms with Crippen molar-refractivity contribution in [2.24, 2.45) is 0 Å². The van der Waals surface area contributed by atoms with Crippen molar-refractivity contribution in [3.8, 4) is 0 Å². The van der Waals surface area contributed by atoms with Gasteiger partial charge in [0.25, 0.3) is 0 Å². The Hall–Kier alpha value is -1.09. The number of pyridine rings is 1. The van der Waals surface area contributed by atoms with Gasteiger partial charge < -0.3 is 10.8 Å². The summed E-state index contributed by atoms with van der Waals surface area (Å²) < 4.78 is 0. The SMILES string of the molecule is CCCc1nccc(CCO)c1N. The zero-order valence-corrected chi connectivity index (χ0v) is 7.95. The highest BCUT2D eigenvalue weighted by Gasteiger charge is 2.04. The Bertz CT molecular complexity index is 249. The molecule has 3 heteroatoms. The molecule has 0 aliphatic heterocycles. The monoisotopic (exact) mass is 180 g/mol. The predicted molar refractivity (Wildman–Crippen MR) is 53.4 cm³/mol. The summed E-state index contributed by atoms with van der Waals surface area (Å²) in [6.45, 7) is 2.24. The minimum atomic E-state index is 0.139. The van der Waals surface area contributed by atoms with Crippen LogP contribution in [0.4, 0.5) is 5.69 Å². The van der Waals surface area contributed by atoms with Crippen molar-refractivity contribution < 1.29 is 5.11 Å². The Kier molecular flexibility index (Phi) is 3.71. The summed E-state index contributed by atoms with van der Waals surface area (Å²) in [7, 11) is 0. The van der Waals surface area contributed by atoms with Gasteiger partial charge in [-0.1, -0.05) is 13.3 Å². The van der Waals surface area contributed by atoms with Crippen molar-refractivity contribution in [2.45, 2.75) is 26.2 Å². The first kappa shape index (κ1) is 9.99. The van der Waals surface area contributed by atoms with E-state index < -0.39 is 0 Å². The zero-order valence-electron chi connectivity index (χ0n) is 7.95. The summed E-state index contributed by atoms with van der Waals surface area (Å²) in [6, 6.07) is 1.87. The van der Waals surface area contributed by atoms with Crippen LogP contribution in [0, 0.1) is 0 Å². The number of nitrogens with zero attached hydrogens (tertiary/aromatic N) is 1. The van der Waals surface area contributed by atoms with Crippen molar-refractivity contribution >= 4 is 5.69 Å². The number of aryl methyl sites for hydroxylation is 1. The average molecular weight is 180 g/mol. The Labute approximate surface area is 78.6 Å². The fourth-order valence-electron chi connectivity index (χ4n) is 1.34. The third-order valence-electron chi connectivity index (χ3n) is 2.03. The molecule has 13 heavy (non-hydrogen) atoms. The van der Waals surface area contributed by atoms with Gasteiger partial charge in [-0.25, -0.2) is 0 Å². The number of anilines is 1. The lowest BCUT2D eigenvalue weighted by Gasteiger charge is -2.07. The second kappa shape index (κ2) is 4.82. The number of hydrogen-bond acceptors (Lipinski definition) is 3. The predicted octanol–water partition coefficient (Wildman–Crippen LogP) is 1.15. The van der Waals surface area contributed by atoms with Gasteiger partial charge in [0.05, 0.1) is 11.4 Å². The Morgan fingerprint density at radius 3 is 2.85 bits per heavy atom. The summed E-state index contributed by atoms with van der Waals surface area (Å²) in [4.78, 5) is 4.20. The maximum atomic E-state index is 8.79. The molecule has 0 fully saturated rings. The largest absolute Gasteiger partial charge is 0.397 e. The van der Waals surface area contributed by atoms with E-state index in [4.69, 9.17) is 10.8 Å². The highest BCUT2D eigenvalue weighted by Crippen LogP contribution is 2.16. The lowest BCUT2D eigenvalue weighted by Crippen LogP contribution is -2.03. The number of aliphatic hydroxyl groups is 1. The fourth-order valence-corrected chi connectivity index (χ4v) is 1.34. The number of rotatable bonds is 4. The number of nitrogens with two attached hydrogens (primary N) is 1. The lowest BCUT2D eigenvalue weighted by molar-refractivity contribution is 0.300. The molecule has 1 aromatic heterocycles. The molecule has 0 saturated carbocycles. The van der Waals surface area contributed by atoms with Gasteiger partial charge in [0.15, 0.2) is 0 Å². The molecule has 1 aromatic rings. The van der Waals surface area contributed by atoms with Crippen LogP contribution in [0.3, 0.4) is 0 Å². The van der Waals surface area contributed by atoms with Crippen LogP contribution in [0.15, 0.2) is 12.3 Å². The van der Waals surface area contributed by atoms with Crippen LogP contribution in [0.25, 0.3) is 0 Å². The second-order valence-corrected chi connectivity index (χ2v) is 3.05. The minimum Gasteiger partial charge on any atom is -0.397 e. The molecule has 0 atom stereocenters. The van der Waals surface area contributed by atoms with Crippen LogP contribution < -0.4 is 5.73 Å². The van der Waals surface area contributed by atoms with E-state index in [1.165, 1.54) is 0 Å². The molecule has 0 unspecified atom stereocenters. The summed E-state index contributed by atoms with van der Waals surface area (Å²) in [5.41, 5.74) is 8.58. The average Bonchev–Trinajstić information content (AvgIpc) is 2.13. The quantitative estimate of drug-likeness (QED) is 0.730. The maximum Gasteiger partial charge on any atom is 0.0635 e. The van der Waals surface area contributed by atoms with Crippen LogP contribution in [-0.4, -0.2) is 16.7 Å². The maximum absolute atomic E-state index is 8.79. The van der Waals surface area contributed by atoms with E-state index in [0.717, 1.165) is 29.8 Å². The Morgan fingerprint density at radius 1 is 1.46 bits per heavy atom. The zero-order chi connectivity index (χ0) is 9.68. The third-order valence-corrected chi connectivity index (χ3v) is 2.03. The van der Waals surface area contributed by atoms with Crippen LogP contribution in [0.2, 0.25) is 0 Å². The molecule has 3 N–H and O–H groups in total. The first-order valence-corrected chi connectivity index (χ1v) is 4.62. The van der Waals surface area contributed by atoms with E-state index in [-0.39, 0.29) is 6.61 Å². The van der Waals surface area contributed by atoms with Gasteiger partial charge in [-0.2, -0.15) is 0 Å². The number of nitrogen functional groups attached to an aromatic ring is 1. The van der Waals surface area contributed by atoms with Crippen molar-refractivity contribution in [1.82, 2.24) is 4.98 Å². The van der Waals surface area contributed by atoms with Gasteiger partial charge in [0.2, 0.25) is 0 Å². The van der Waals surface area contributed by atoms with Gasteiger partial charge in [-0.05, 0) is 24.5 Å². The van der Waals surface area contributed by atoms with Crippen LogP contribution in [-0.2, 0) is 12.8 Å². The second-order valence-electron chi connectivity index (χ2n) is 3.05. The molecule has 0 saturated heterocycles. The van der Waals surface area contributed by atoms with Crippen LogP contribution in [0.5, 0.6) is 0 Å². The summed E-state index contributed by atoms with van der Waals surface area (Å²) in [5.74, 6) is 0. The molecule has 0 bridgehead atoms. The van der Waals surface area contributed by atoms with E-state index in [9.17, 15) is 0 Å². The molecule has 3 nitrogen and oxygen atoms in total. The number of hydrogen-bond donors (Lipinski definition) is 2. The normalized spacial score (nSPS) is 10.3. The first-order valence-electron chi connectivity index (χ1n) is 4.62. The molecule has 0 spiro atoms.